The van der Waals surface area contributed by atoms with Crippen LogP contribution in [0.3, 0.4) is 0 Å². The van der Waals surface area contributed by atoms with E-state index >= 15 is 0 Å². The van der Waals surface area contributed by atoms with Crippen molar-refractivity contribution in [3.8, 4) is 0 Å². The Bertz CT molecular complexity index is 628. The molecule has 9 nitrogen and oxygen atoms in total. The molecule has 9 heteroatoms. The van der Waals surface area contributed by atoms with Crippen LogP contribution < -0.4 is 10.6 Å². The third-order valence-corrected chi connectivity index (χ3v) is 2.88. The number of carbonyl (C=O) groups excluding carboxylic acids is 1. The second-order valence-corrected chi connectivity index (χ2v) is 4.51. The van der Waals surface area contributed by atoms with Crippen LogP contribution in [-0.2, 0) is 13.0 Å². The van der Waals surface area contributed by atoms with E-state index in [4.69, 9.17) is 0 Å². The number of urea groups is 1. The molecule has 2 heterocycles. The normalized spacial score (nSPS) is 10.2. The van der Waals surface area contributed by atoms with Gasteiger partial charge in [0.1, 0.15) is 12.4 Å². The number of nitrogens with zero attached hydrogens (tertiary/aromatic N) is 4. The summed E-state index contributed by atoms with van der Waals surface area (Å²) in [7, 11) is 0. The van der Waals surface area contributed by atoms with Gasteiger partial charge in [0.15, 0.2) is 0 Å². The molecule has 116 valence electrons. The molecule has 0 saturated carbocycles. The zero-order valence-electron chi connectivity index (χ0n) is 11.8. The first-order valence-corrected chi connectivity index (χ1v) is 6.72. The van der Waals surface area contributed by atoms with Crippen LogP contribution in [0.15, 0.2) is 36.9 Å². The highest BCUT2D eigenvalue weighted by molar-refractivity contribution is 5.73. The largest absolute Gasteiger partial charge is 0.338 e. The van der Waals surface area contributed by atoms with Crippen LogP contribution in [0.1, 0.15) is 5.56 Å². The number of rotatable bonds is 7. The summed E-state index contributed by atoms with van der Waals surface area (Å²) in [5, 5.41) is 19.7. The molecule has 0 aliphatic heterocycles. The van der Waals surface area contributed by atoms with Gasteiger partial charge in [0, 0.05) is 25.5 Å². The van der Waals surface area contributed by atoms with Crippen LogP contribution in [0, 0.1) is 10.1 Å². The van der Waals surface area contributed by atoms with E-state index in [-0.39, 0.29) is 11.7 Å². The molecular formula is C13H16N6O3. The maximum Gasteiger partial charge on any atom is 0.314 e. The monoisotopic (exact) mass is 304 g/mol. The summed E-state index contributed by atoms with van der Waals surface area (Å²) in [5.74, 6) is 0. The lowest BCUT2D eigenvalue weighted by Crippen LogP contribution is -2.38. The van der Waals surface area contributed by atoms with E-state index in [0.29, 0.717) is 26.1 Å². The summed E-state index contributed by atoms with van der Waals surface area (Å²) in [6, 6.07) is 3.50. The second kappa shape index (κ2) is 7.72. The summed E-state index contributed by atoms with van der Waals surface area (Å²) < 4.78 is 1.41. The minimum Gasteiger partial charge on any atom is -0.338 e. The fourth-order valence-electron chi connectivity index (χ4n) is 1.78. The van der Waals surface area contributed by atoms with Gasteiger partial charge in [-0.1, -0.05) is 6.07 Å². The van der Waals surface area contributed by atoms with Gasteiger partial charge in [-0.05, 0) is 18.1 Å². The summed E-state index contributed by atoms with van der Waals surface area (Å²) >= 11 is 0. The fourth-order valence-corrected chi connectivity index (χ4v) is 1.78. The smallest absolute Gasteiger partial charge is 0.314 e. The average molecular weight is 304 g/mol. The lowest BCUT2D eigenvalue weighted by atomic mass is 10.2. The van der Waals surface area contributed by atoms with Gasteiger partial charge in [0.05, 0.1) is 11.5 Å². The van der Waals surface area contributed by atoms with Crippen molar-refractivity contribution in [3.05, 3.63) is 52.6 Å². The molecule has 0 atom stereocenters. The second-order valence-electron chi connectivity index (χ2n) is 4.51. The summed E-state index contributed by atoms with van der Waals surface area (Å²) in [6.45, 7) is 1.20. The van der Waals surface area contributed by atoms with Crippen molar-refractivity contribution >= 4 is 11.7 Å². The molecule has 2 N–H and O–H groups in total. The van der Waals surface area contributed by atoms with Crippen molar-refractivity contribution in [1.29, 1.82) is 0 Å². The Morgan fingerprint density at radius 1 is 1.32 bits per heavy atom. The van der Waals surface area contributed by atoms with Gasteiger partial charge in [-0.25, -0.2) is 4.79 Å². The summed E-state index contributed by atoms with van der Waals surface area (Å²) in [5.41, 5.74) is 0.979. The SMILES string of the molecule is O=C(NCCc1cccnc1)NCCn1cc([N+](=O)[O-])cn1. The molecule has 2 aromatic heterocycles. The first kappa shape index (κ1) is 15.4. The Morgan fingerprint density at radius 3 is 2.82 bits per heavy atom. The van der Waals surface area contributed by atoms with Gasteiger partial charge >= 0.3 is 11.7 Å². The van der Waals surface area contributed by atoms with Crippen molar-refractivity contribution in [2.45, 2.75) is 13.0 Å². The Hall–Kier alpha value is -2.97. The number of nitro groups is 1. The van der Waals surface area contributed by atoms with Crippen LogP contribution in [0.25, 0.3) is 0 Å². The predicted molar refractivity (Wildman–Crippen MR) is 78.2 cm³/mol. The molecule has 0 spiro atoms. The van der Waals surface area contributed by atoms with Crippen molar-refractivity contribution in [2.24, 2.45) is 0 Å². The molecule has 0 aromatic carbocycles. The molecule has 0 saturated heterocycles. The summed E-state index contributed by atoms with van der Waals surface area (Å²) in [4.78, 5) is 25.5. The number of aromatic nitrogens is 3. The highest BCUT2D eigenvalue weighted by atomic mass is 16.6. The minimum atomic E-state index is -0.512. The number of carbonyl (C=O) groups is 1. The van der Waals surface area contributed by atoms with Crippen molar-refractivity contribution < 1.29 is 9.72 Å². The Balaban J connectivity index is 1.62. The summed E-state index contributed by atoms with van der Waals surface area (Å²) in [6.07, 6.45) is 6.65. The topological polar surface area (TPSA) is 115 Å². The molecule has 2 aromatic rings. The molecule has 0 radical (unpaired) electrons. The number of pyridine rings is 1. The molecule has 0 unspecified atom stereocenters. The number of hydrogen-bond acceptors (Lipinski definition) is 5. The van der Waals surface area contributed by atoms with Gasteiger partial charge in [0.25, 0.3) is 0 Å². The lowest BCUT2D eigenvalue weighted by molar-refractivity contribution is -0.385. The van der Waals surface area contributed by atoms with E-state index in [2.05, 4.69) is 20.7 Å². The third-order valence-electron chi connectivity index (χ3n) is 2.88. The van der Waals surface area contributed by atoms with E-state index in [1.807, 2.05) is 12.1 Å². The van der Waals surface area contributed by atoms with Crippen molar-refractivity contribution in [1.82, 2.24) is 25.4 Å². The maximum atomic E-state index is 11.6. The van der Waals surface area contributed by atoms with E-state index < -0.39 is 4.92 Å². The van der Waals surface area contributed by atoms with Gasteiger partial charge in [0.2, 0.25) is 0 Å². The molecule has 2 rings (SSSR count). The highest BCUT2D eigenvalue weighted by Gasteiger charge is 2.08. The van der Waals surface area contributed by atoms with Crippen molar-refractivity contribution in [2.75, 3.05) is 13.1 Å². The number of amides is 2. The fraction of sp³-hybridized carbons (Fsp3) is 0.308. The number of nitrogens with one attached hydrogen (secondary N) is 2. The van der Waals surface area contributed by atoms with Crippen molar-refractivity contribution in [3.63, 3.8) is 0 Å². The lowest BCUT2D eigenvalue weighted by Gasteiger charge is -2.07. The molecule has 22 heavy (non-hydrogen) atoms. The Labute approximate surface area is 126 Å². The van der Waals surface area contributed by atoms with E-state index in [0.717, 1.165) is 5.56 Å². The molecule has 0 aliphatic rings. The zero-order valence-corrected chi connectivity index (χ0v) is 11.8. The third kappa shape index (κ3) is 4.85. The molecular weight excluding hydrogens is 288 g/mol. The molecule has 0 bridgehead atoms. The highest BCUT2D eigenvalue weighted by Crippen LogP contribution is 2.06. The molecule has 0 aliphatic carbocycles. The van der Waals surface area contributed by atoms with Crippen LogP contribution in [0.5, 0.6) is 0 Å². The Kier molecular flexibility index (Phi) is 5.41. The van der Waals surface area contributed by atoms with E-state index in [1.165, 1.54) is 17.1 Å². The van der Waals surface area contributed by atoms with Crippen LogP contribution >= 0.6 is 0 Å². The van der Waals surface area contributed by atoms with Crippen LogP contribution in [0.4, 0.5) is 10.5 Å². The van der Waals surface area contributed by atoms with Gasteiger partial charge in [-0.2, -0.15) is 5.10 Å². The Morgan fingerprint density at radius 2 is 2.14 bits per heavy atom. The van der Waals surface area contributed by atoms with Gasteiger partial charge < -0.3 is 10.6 Å². The first-order valence-electron chi connectivity index (χ1n) is 6.72. The number of hydrogen-bond donors (Lipinski definition) is 2. The van der Waals surface area contributed by atoms with Crippen LogP contribution in [-0.4, -0.2) is 38.8 Å². The van der Waals surface area contributed by atoms with Gasteiger partial charge in [-0.15, -0.1) is 0 Å². The first-order chi connectivity index (χ1) is 10.6. The average Bonchev–Trinajstić information content (AvgIpc) is 2.97. The van der Waals surface area contributed by atoms with E-state index in [9.17, 15) is 14.9 Å². The van der Waals surface area contributed by atoms with Gasteiger partial charge in [-0.3, -0.25) is 19.8 Å². The predicted octanol–water partition coefficient (Wildman–Crippen LogP) is 0.728. The minimum absolute atomic E-state index is 0.0686. The van der Waals surface area contributed by atoms with Crippen LogP contribution in [0.2, 0.25) is 0 Å². The molecule has 2 amide bonds. The van der Waals surface area contributed by atoms with E-state index in [1.54, 1.807) is 12.4 Å². The quantitative estimate of drug-likeness (QED) is 0.578. The molecule has 0 fully saturated rings. The standard InChI is InChI=1S/C13H16N6O3/c20-13(15-5-3-11-2-1-4-14-8-11)16-6-7-18-10-12(9-17-18)19(21)22/h1-2,4,8-10H,3,5-7H2,(H2,15,16,20). The zero-order chi connectivity index (χ0) is 15.8. The maximum absolute atomic E-state index is 11.6.